The van der Waals surface area contributed by atoms with Gasteiger partial charge in [-0.3, -0.25) is 0 Å². The molecule has 0 spiro atoms. The first kappa shape index (κ1) is 18.1. The predicted molar refractivity (Wildman–Crippen MR) is 75.8 cm³/mol. The van der Waals surface area contributed by atoms with Crippen molar-refractivity contribution in [3.05, 3.63) is 0 Å². The molecule has 1 N–H and O–H groups in total. The summed E-state index contributed by atoms with van der Waals surface area (Å²) in [5.74, 6) is 0.545. The maximum absolute atomic E-state index is 12.0. The number of rotatable bonds is 7. The highest BCUT2D eigenvalue weighted by Gasteiger charge is 2.28. The average Bonchev–Trinajstić information content (AvgIpc) is 2.30. The predicted octanol–water partition coefficient (Wildman–Crippen LogP) is 0.706. The van der Waals surface area contributed by atoms with Crippen LogP contribution in [0.3, 0.4) is 0 Å². The number of halogens is 1. The third-order valence-electron chi connectivity index (χ3n) is 3.06. The Labute approximate surface area is 117 Å². The van der Waals surface area contributed by atoms with Crippen molar-refractivity contribution in [2.45, 2.75) is 19.8 Å². The summed E-state index contributed by atoms with van der Waals surface area (Å²) in [5, 5.41) is 3.12. The molecule has 0 aliphatic carbocycles. The Morgan fingerprint density at radius 1 is 1.44 bits per heavy atom. The molecule has 0 radical (unpaired) electrons. The Balaban J connectivity index is 0.00000289. The van der Waals surface area contributed by atoms with Gasteiger partial charge >= 0.3 is 0 Å². The fraction of sp³-hybridized carbons (Fsp3) is 1.00. The highest BCUT2D eigenvalue weighted by Crippen LogP contribution is 2.18. The summed E-state index contributed by atoms with van der Waals surface area (Å²) >= 11 is 0. The van der Waals surface area contributed by atoms with Crippen LogP contribution in [0.4, 0.5) is 0 Å². The van der Waals surface area contributed by atoms with E-state index in [0.717, 1.165) is 19.4 Å². The van der Waals surface area contributed by atoms with E-state index in [1.807, 2.05) is 14.0 Å². The zero-order valence-corrected chi connectivity index (χ0v) is 12.9. The van der Waals surface area contributed by atoms with Crippen LogP contribution in [0.5, 0.6) is 0 Å². The second-order valence-corrected chi connectivity index (χ2v) is 6.53. The third-order valence-corrected chi connectivity index (χ3v) is 4.86. The van der Waals surface area contributed by atoms with Crippen molar-refractivity contribution in [1.29, 1.82) is 0 Å². The molecule has 1 rings (SSSR count). The van der Waals surface area contributed by atoms with Gasteiger partial charge in [0.25, 0.3) is 0 Å². The van der Waals surface area contributed by atoms with E-state index >= 15 is 0 Å². The number of hydrogen-bond acceptors (Lipinski definition) is 4. The first-order valence-electron chi connectivity index (χ1n) is 6.30. The summed E-state index contributed by atoms with van der Waals surface area (Å²) in [7, 11) is -1.22. The van der Waals surface area contributed by atoms with E-state index in [-0.39, 0.29) is 18.2 Å². The molecular formula is C11H25ClN2O3S. The van der Waals surface area contributed by atoms with E-state index in [9.17, 15) is 8.42 Å². The van der Waals surface area contributed by atoms with Crippen molar-refractivity contribution in [2.24, 2.45) is 5.92 Å². The number of nitrogens with zero attached hydrogens (tertiary/aromatic N) is 1. The molecule has 0 amide bonds. The maximum atomic E-state index is 12.0. The molecule has 1 atom stereocenters. The van der Waals surface area contributed by atoms with Gasteiger partial charge in [0.05, 0.1) is 12.4 Å². The molecule has 0 aromatic rings. The van der Waals surface area contributed by atoms with Crippen molar-refractivity contribution >= 4 is 22.4 Å². The molecular weight excluding hydrogens is 276 g/mol. The lowest BCUT2D eigenvalue weighted by molar-refractivity contribution is 0.161. The van der Waals surface area contributed by atoms with Gasteiger partial charge in [0.1, 0.15) is 0 Å². The highest BCUT2D eigenvalue weighted by molar-refractivity contribution is 7.89. The smallest absolute Gasteiger partial charge is 0.216 e. The fourth-order valence-electron chi connectivity index (χ4n) is 2.17. The van der Waals surface area contributed by atoms with Crippen LogP contribution < -0.4 is 5.32 Å². The van der Waals surface area contributed by atoms with Gasteiger partial charge < -0.3 is 10.1 Å². The van der Waals surface area contributed by atoms with Crippen LogP contribution in [-0.4, -0.2) is 58.4 Å². The molecule has 1 aliphatic heterocycles. The van der Waals surface area contributed by atoms with Crippen LogP contribution in [0.2, 0.25) is 0 Å². The van der Waals surface area contributed by atoms with E-state index in [2.05, 4.69) is 5.32 Å². The van der Waals surface area contributed by atoms with Gasteiger partial charge in [-0.1, -0.05) is 0 Å². The fourth-order valence-corrected chi connectivity index (χ4v) is 3.60. The Morgan fingerprint density at radius 2 is 2.17 bits per heavy atom. The molecule has 110 valence electrons. The number of nitrogens with one attached hydrogen (secondary N) is 1. The zero-order chi connectivity index (χ0) is 12.7. The van der Waals surface area contributed by atoms with Crippen molar-refractivity contribution in [3.63, 3.8) is 0 Å². The Hall–Kier alpha value is 0.120. The summed E-state index contributed by atoms with van der Waals surface area (Å²) in [4.78, 5) is 0. The summed E-state index contributed by atoms with van der Waals surface area (Å²) < 4.78 is 30.8. The summed E-state index contributed by atoms with van der Waals surface area (Å²) in [6, 6.07) is 0. The monoisotopic (exact) mass is 300 g/mol. The molecule has 0 saturated carbocycles. The minimum absolute atomic E-state index is 0. The molecule has 7 heteroatoms. The molecule has 1 saturated heterocycles. The lowest BCUT2D eigenvalue weighted by Crippen LogP contribution is -2.43. The number of sulfonamides is 1. The molecule has 1 unspecified atom stereocenters. The van der Waals surface area contributed by atoms with E-state index in [4.69, 9.17) is 4.74 Å². The molecule has 0 bridgehead atoms. The van der Waals surface area contributed by atoms with Crippen molar-refractivity contribution in [3.8, 4) is 0 Å². The Kier molecular flexibility index (Phi) is 9.15. The Bertz CT molecular complexity index is 309. The molecule has 18 heavy (non-hydrogen) atoms. The quantitative estimate of drug-likeness (QED) is 0.704. The minimum Gasteiger partial charge on any atom is -0.381 e. The van der Waals surface area contributed by atoms with Crippen molar-refractivity contribution in [2.75, 3.05) is 45.6 Å². The highest BCUT2D eigenvalue weighted by atomic mass is 35.5. The molecule has 0 aromatic heterocycles. The summed E-state index contributed by atoms with van der Waals surface area (Å²) in [5.41, 5.74) is 0. The molecule has 5 nitrogen and oxygen atoms in total. The largest absolute Gasteiger partial charge is 0.381 e. The summed E-state index contributed by atoms with van der Waals surface area (Å²) in [6.45, 7) is 4.93. The second kappa shape index (κ2) is 9.09. The van der Waals surface area contributed by atoms with E-state index in [1.54, 1.807) is 4.31 Å². The van der Waals surface area contributed by atoms with Gasteiger partial charge in [0.15, 0.2) is 0 Å². The normalized spacial score (nSPS) is 21.6. The minimum atomic E-state index is -3.13. The van der Waals surface area contributed by atoms with Crippen LogP contribution in [-0.2, 0) is 14.8 Å². The van der Waals surface area contributed by atoms with Crippen LogP contribution in [0.15, 0.2) is 0 Å². The van der Waals surface area contributed by atoms with Crippen LogP contribution in [0.1, 0.15) is 19.8 Å². The number of hydrogen-bond donors (Lipinski definition) is 1. The van der Waals surface area contributed by atoms with Crippen molar-refractivity contribution < 1.29 is 13.2 Å². The van der Waals surface area contributed by atoms with E-state index < -0.39 is 10.0 Å². The third kappa shape index (κ3) is 5.84. The van der Waals surface area contributed by atoms with Crippen LogP contribution in [0.25, 0.3) is 0 Å². The topological polar surface area (TPSA) is 58.6 Å². The number of ether oxygens (including phenoxy) is 1. The molecule has 1 aliphatic rings. The standard InChI is InChI=1S/C11H24N2O3S.ClH/c1-3-16-7-8-17(14,15)13-6-4-5-11(10-13)9-12-2;/h11-12H,3-10H2,1-2H3;1H. The Morgan fingerprint density at radius 3 is 2.78 bits per heavy atom. The van der Waals surface area contributed by atoms with Crippen molar-refractivity contribution in [1.82, 2.24) is 9.62 Å². The zero-order valence-electron chi connectivity index (χ0n) is 11.2. The van der Waals surface area contributed by atoms with Gasteiger partial charge in [-0.25, -0.2) is 12.7 Å². The lowest BCUT2D eigenvalue weighted by atomic mass is 10.00. The van der Waals surface area contributed by atoms with Gasteiger partial charge in [0.2, 0.25) is 10.0 Å². The van der Waals surface area contributed by atoms with E-state index in [0.29, 0.717) is 32.2 Å². The van der Waals surface area contributed by atoms with Crippen LogP contribution >= 0.6 is 12.4 Å². The first-order chi connectivity index (χ1) is 8.10. The first-order valence-corrected chi connectivity index (χ1v) is 7.91. The molecule has 1 fully saturated rings. The van der Waals surface area contributed by atoms with E-state index in [1.165, 1.54) is 0 Å². The van der Waals surface area contributed by atoms with Gasteiger partial charge in [-0.05, 0) is 39.3 Å². The SMILES string of the molecule is CCOCCS(=O)(=O)N1CCCC(CNC)C1.Cl. The van der Waals surface area contributed by atoms with Gasteiger partial charge in [-0.15, -0.1) is 12.4 Å². The molecule has 1 heterocycles. The number of piperidine rings is 1. The maximum Gasteiger partial charge on any atom is 0.216 e. The van der Waals surface area contributed by atoms with Crippen LogP contribution in [0, 0.1) is 5.92 Å². The lowest BCUT2D eigenvalue weighted by Gasteiger charge is -2.31. The second-order valence-electron chi connectivity index (χ2n) is 4.44. The average molecular weight is 301 g/mol. The molecule has 0 aromatic carbocycles. The summed E-state index contributed by atoms with van der Waals surface area (Å²) in [6.07, 6.45) is 2.07. The van der Waals surface area contributed by atoms with Gasteiger partial charge in [0, 0.05) is 19.7 Å². The van der Waals surface area contributed by atoms with Gasteiger partial charge in [-0.2, -0.15) is 0 Å².